The van der Waals surface area contributed by atoms with Crippen LogP contribution >= 0.6 is 0 Å². The number of amides is 1. The van der Waals surface area contributed by atoms with Gasteiger partial charge in [-0.2, -0.15) is 0 Å². The van der Waals surface area contributed by atoms with E-state index in [4.69, 9.17) is 9.98 Å². The van der Waals surface area contributed by atoms with E-state index in [0.717, 1.165) is 42.7 Å². The molecule has 1 unspecified atom stereocenters. The summed E-state index contributed by atoms with van der Waals surface area (Å²) in [6.45, 7) is 6.24. The van der Waals surface area contributed by atoms with Crippen molar-refractivity contribution in [2.24, 2.45) is 4.99 Å². The quantitative estimate of drug-likeness (QED) is 0.478. The van der Waals surface area contributed by atoms with Crippen molar-refractivity contribution in [2.45, 2.75) is 51.5 Å². The van der Waals surface area contributed by atoms with Crippen LogP contribution in [0.4, 0.5) is 11.5 Å². The van der Waals surface area contributed by atoms with Gasteiger partial charge in [-0.3, -0.25) is 4.79 Å². The highest BCUT2D eigenvalue weighted by molar-refractivity contribution is 5.94. The Labute approximate surface area is 190 Å². The first-order valence-electron chi connectivity index (χ1n) is 11.8. The normalized spacial score (nSPS) is 19.0. The van der Waals surface area contributed by atoms with Gasteiger partial charge in [0.1, 0.15) is 5.82 Å². The summed E-state index contributed by atoms with van der Waals surface area (Å²) in [6, 6.07) is 12.3. The monoisotopic (exact) mass is 434 g/mol. The molecule has 4 rings (SSSR count). The molecule has 7 heteroatoms. The smallest absolute Gasteiger partial charge is 0.225 e. The van der Waals surface area contributed by atoms with Gasteiger partial charge in [0.25, 0.3) is 0 Å². The fourth-order valence-corrected chi connectivity index (χ4v) is 4.41. The Morgan fingerprint density at radius 2 is 1.94 bits per heavy atom. The lowest BCUT2D eigenvalue weighted by Gasteiger charge is -2.26. The number of rotatable bonds is 6. The van der Waals surface area contributed by atoms with Crippen LogP contribution in [0.1, 0.15) is 56.1 Å². The number of aliphatic imine (C=N–C) groups is 1. The number of benzene rings is 1. The molecule has 3 heterocycles. The number of para-hydroxylation sites is 1. The third kappa shape index (κ3) is 5.78. The topological polar surface area (TPSA) is 81.7 Å². The maximum atomic E-state index is 12.1. The molecule has 1 aromatic carbocycles. The third-order valence-corrected chi connectivity index (χ3v) is 6.13. The number of guanidine groups is 1. The number of carbonyl (C=O) groups excluding carboxylic acids is 1. The Balaban J connectivity index is 1.36. The number of fused-ring (bicyclic) bond motifs is 1. The number of pyridine rings is 1. The molecule has 1 saturated heterocycles. The molecule has 2 aliphatic heterocycles. The van der Waals surface area contributed by atoms with E-state index < -0.39 is 0 Å². The Morgan fingerprint density at radius 1 is 1.12 bits per heavy atom. The van der Waals surface area contributed by atoms with E-state index in [9.17, 15) is 4.79 Å². The number of nitrogens with one attached hydrogen (secondary N) is 3. The largest absolute Gasteiger partial charge is 0.357 e. The fourth-order valence-electron chi connectivity index (χ4n) is 4.41. The molecule has 0 bridgehead atoms. The van der Waals surface area contributed by atoms with Crippen molar-refractivity contribution in [3.8, 4) is 0 Å². The summed E-state index contributed by atoms with van der Waals surface area (Å²) in [7, 11) is 0. The van der Waals surface area contributed by atoms with Crippen LogP contribution in [0.25, 0.3) is 0 Å². The van der Waals surface area contributed by atoms with Crippen LogP contribution in [0.2, 0.25) is 0 Å². The zero-order chi connectivity index (χ0) is 22.2. The van der Waals surface area contributed by atoms with Crippen LogP contribution in [-0.4, -0.2) is 43.0 Å². The second-order valence-electron chi connectivity index (χ2n) is 8.54. The second kappa shape index (κ2) is 11.0. The number of nitrogens with zero attached hydrogens (tertiary/aromatic N) is 3. The van der Waals surface area contributed by atoms with E-state index >= 15 is 0 Å². The van der Waals surface area contributed by atoms with Crippen LogP contribution in [0.15, 0.2) is 47.6 Å². The van der Waals surface area contributed by atoms with Crippen LogP contribution in [-0.2, 0) is 11.3 Å². The Morgan fingerprint density at radius 3 is 2.69 bits per heavy atom. The van der Waals surface area contributed by atoms with Gasteiger partial charge in [-0.1, -0.05) is 37.1 Å². The van der Waals surface area contributed by atoms with E-state index in [1.807, 2.05) is 24.4 Å². The van der Waals surface area contributed by atoms with Crippen molar-refractivity contribution >= 4 is 23.4 Å². The molecule has 1 aromatic heterocycles. The zero-order valence-corrected chi connectivity index (χ0v) is 18.9. The molecule has 1 amide bonds. The van der Waals surface area contributed by atoms with Gasteiger partial charge in [0, 0.05) is 50.4 Å². The highest BCUT2D eigenvalue weighted by Gasteiger charge is 2.24. The predicted molar refractivity (Wildman–Crippen MR) is 130 cm³/mol. The summed E-state index contributed by atoms with van der Waals surface area (Å²) in [5.74, 6) is 2.01. The van der Waals surface area contributed by atoms with Crippen LogP contribution in [0, 0.1) is 0 Å². The van der Waals surface area contributed by atoms with Gasteiger partial charge in [0.15, 0.2) is 5.96 Å². The van der Waals surface area contributed by atoms with Crippen molar-refractivity contribution < 1.29 is 4.79 Å². The minimum absolute atomic E-state index is 0.0630. The molecular formula is C25H34N6O. The van der Waals surface area contributed by atoms with Crippen LogP contribution in [0.5, 0.6) is 0 Å². The maximum Gasteiger partial charge on any atom is 0.225 e. The summed E-state index contributed by atoms with van der Waals surface area (Å²) in [5, 5.41) is 9.69. The van der Waals surface area contributed by atoms with Crippen molar-refractivity contribution in [1.82, 2.24) is 15.6 Å². The molecule has 2 aromatic rings. The van der Waals surface area contributed by atoms with Crippen molar-refractivity contribution in [3.63, 3.8) is 0 Å². The minimum atomic E-state index is 0.0630. The van der Waals surface area contributed by atoms with E-state index in [-0.39, 0.29) is 11.8 Å². The van der Waals surface area contributed by atoms with Gasteiger partial charge in [-0.15, -0.1) is 0 Å². The van der Waals surface area contributed by atoms with E-state index in [2.05, 4.69) is 46.0 Å². The molecule has 1 atom stereocenters. The first kappa shape index (κ1) is 22.1. The average molecular weight is 435 g/mol. The number of aromatic nitrogens is 1. The number of hydrogen-bond acceptors (Lipinski definition) is 4. The molecule has 0 saturated carbocycles. The van der Waals surface area contributed by atoms with Crippen LogP contribution < -0.4 is 20.9 Å². The van der Waals surface area contributed by atoms with Crippen LogP contribution in [0.3, 0.4) is 0 Å². The predicted octanol–water partition coefficient (Wildman–Crippen LogP) is 3.64. The highest BCUT2D eigenvalue weighted by Crippen LogP contribution is 2.31. The fraction of sp³-hybridized carbons (Fsp3) is 0.480. The highest BCUT2D eigenvalue weighted by atomic mass is 16.1. The number of hydrogen-bond donors (Lipinski definition) is 3. The van der Waals surface area contributed by atoms with E-state index in [1.54, 1.807) is 0 Å². The first-order chi connectivity index (χ1) is 15.7. The summed E-state index contributed by atoms with van der Waals surface area (Å²) in [6.07, 6.45) is 7.55. The van der Waals surface area contributed by atoms with E-state index in [1.165, 1.54) is 31.2 Å². The Kier molecular flexibility index (Phi) is 7.59. The molecular weight excluding hydrogens is 400 g/mol. The summed E-state index contributed by atoms with van der Waals surface area (Å²) < 4.78 is 0. The summed E-state index contributed by atoms with van der Waals surface area (Å²) >= 11 is 0. The molecule has 0 radical (unpaired) electrons. The van der Waals surface area contributed by atoms with Gasteiger partial charge in [0.05, 0.1) is 6.54 Å². The third-order valence-electron chi connectivity index (χ3n) is 6.13. The van der Waals surface area contributed by atoms with Crippen molar-refractivity contribution in [3.05, 3.63) is 53.7 Å². The van der Waals surface area contributed by atoms with E-state index in [0.29, 0.717) is 19.5 Å². The lowest BCUT2D eigenvalue weighted by atomic mass is 9.90. The molecule has 2 aliphatic rings. The minimum Gasteiger partial charge on any atom is -0.357 e. The van der Waals surface area contributed by atoms with Gasteiger partial charge in [0.2, 0.25) is 5.91 Å². The number of anilines is 2. The second-order valence-corrected chi connectivity index (χ2v) is 8.54. The Bertz CT molecular complexity index is 918. The molecule has 170 valence electrons. The molecule has 0 spiro atoms. The zero-order valence-electron chi connectivity index (χ0n) is 18.9. The molecule has 3 N–H and O–H groups in total. The van der Waals surface area contributed by atoms with Gasteiger partial charge in [-0.25, -0.2) is 9.98 Å². The summed E-state index contributed by atoms with van der Waals surface area (Å²) in [4.78, 5) is 23.9. The first-order valence-corrected chi connectivity index (χ1v) is 11.8. The standard InChI is InChI=1S/C25H34N6O/c1-2-26-25(29-18-20-15-24(32)30-22-10-6-5-9-21(20)22)28-17-19-11-12-23(27-16-19)31-13-7-3-4-8-14-31/h5-6,9-12,16,20H,2-4,7-8,13-15,17-18H2,1H3,(H,30,32)(H2,26,28,29). The van der Waals surface area contributed by atoms with Gasteiger partial charge >= 0.3 is 0 Å². The lowest BCUT2D eigenvalue weighted by molar-refractivity contribution is -0.116. The maximum absolute atomic E-state index is 12.1. The summed E-state index contributed by atoms with van der Waals surface area (Å²) in [5.41, 5.74) is 3.17. The molecule has 7 nitrogen and oxygen atoms in total. The SMILES string of the molecule is CCNC(=NCc1ccc(N2CCCCCC2)nc1)NCC1CC(=O)Nc2ccccc21. The molecule has 1 fully saturated rings. The van der Waals surface area contributed by atoms with Crippen molar-refractivity contribution in [2.75, 3.05) is 36.4 Å². The van der Waals surface area contributed by atoms with Crippen molar-refractivity contribution in [1.29, 1.82) is 0 Å². The average Bonchev–Trinajstić information content (AvgIpc) is 3.10. The molecule has 0 aliphatic carbocycles. The lowest BCUT2D eigenvalue weighted by Crippen LogP contribution is -2.40. The Hall–Kier alpha value is -3.09. The van der Waals surface area contributed by atoms with Gasteiger partial charge < -0.3 is 20.9 Å². The number of carbonyl (C=O) groups is 1. The molecule has 32 heavy (non-hydrogen) atoms. The van der Waals surface area contributed by atoms with Gasteiger partial charge in [-0.05, 0) is 43.0 Å².